The normalized spacial score (nSPS) is 10.8. The Bertz CT molecular complexity index is 753. The van der Waals surface area contributed by atoms with Gasteiger partial charge in [0.1, 0.15) is 11.6 Å². The maximum atomic E-state index is 13.1. The first-order valence-corrected chi connectivity index (χ1v) is 8.82. The van der Waals surface area contributed by atoms with Crippen LogP contribution >= 0.6 is 0 Å². The number of hydrogen-bond acceptors (Lipinski definition) is 2. The van der Waals surface area contributed by atoms with E-state index >= 15 is 0 Å². The van der Waals surface area contributed by atoms with Crippen LogP contribution in [0.3, 0.4) is 0 Å². The van der Waals surface area contributed by atoms with Crippen LogP contribution in [-0.4, -0.2) is 5.16 Å². The summed E-state index contributed by atoms with van der Waals surface area (Å²) in [6.45, 7) is 6.27. The highest BCUT2D eigenvalue weighted by Gasteiger charge is 2.18. The van der Waals surface area contributed by atoms with Crippen LogP contribution in [0.4, 0.5) is 8.78 Å². The van der Waals surface area contributed by atoms with Crippen LogP contribution in [0.25, 0.3) is 11.0 Å². The van der Waals surface area contributed by atoms with Crippen molar-refractivity contribution < 1.29 is 13.3 Å². The van der Waals surface area contributed by atoms with E-state index in [9.17, 15) is 8.78 Å². The highest BCUT2D eigenvalue weighted by atomic mass is 19.1. The maximum absolute atomic E-state index is 13.1. The number of halogens is 2. The summed E-state index contributed by atoms with van der Waals surface area (Å²) in [4.78, 5) is 0. The van der Waals surface area contributed by atoms with E-state index in [-0.39, 0.29) is 11.6 Å². The van der Waals surface area contributed by atoms with Gasteiger partial charge in [0.25, 0.3) is 0 Å². The van der Waals surface area contributed by atoms with Crippen molar-refractivity contribution in [1.82, 2.24) is 5.16 Å². The summed E-state index contributed by atoms with van der Waals surface area (Å²) in [6, 6.07) is 11.0. The summed E-state index contributed by atoms with van der Waals surface area (Å²) in [5.74, 6) is -0.0185. The molecule has 0 unspecified atom stereocenters. The van der Waals surface area contributed by atoms with Gasteiger partial charge in [-0.1, -0.05) is 49.5 Å². The van der Waals surface area contributed by atoms with E-state index in [4.69, 9.17) is 4.52 Å². The SMILES string of the molecule is CCCC(CCC)c1noc2cc(F)ccc12.Cc1ccc(F)cc1. The lowest BCUT2D eigenvalue weighted by Gasteiger charge is -2.11. The fourth-order valence-corrected chi connectivity index (χ4v) is 2.87. The Labute approximate surface area is 147 Å². The van der Waals surface area contributed by atoms with Crippen LogP contribution < -0.4 is 0 Å². The molecule has 25 heavy (non-hydrogen) atoms. The van der Waals surface area contributed by atoms with Gasteiger partial charge in [0.15, 0.2) is 5.58 Å². The molecule has 0 radical (unpaired) electrons. The summed E-state index contributed by atoms with van der Waals surface area (Å²) >= 11 is 0. The van der Waals surface area contributed by atoms with Crippen LogP contribution in [0, 0.1) is 18.6 Å². The van der Waals surface area contributed by atoms with E-state index in [1.165, 1.54) is 24.3 Å². The van der Waals surface area contributed by atoms with Crippen molar-refractivity contribution in [2.24, 2.45) is 0 Å². The Morgan fingerprint density at radius 1 is 0.920 bits per heavy atom. The number of aryl methyl sites for hydroxylation is 1. The molecule has 0 spiro atoms. The molecule has 3 rings (SSSR count). The van der Waals surface area contributed by atoms with Crippen LogP contribution in [0.1, 0.15) is 56.7 Å². The zero-order chi connectivity index (χ0) is 18.2. The van der Waals surface area contributed by atoms with Crippen LogP contribution in [0.2, 0.25) is 0 Å². The van der Waals surface area contributed by atoms with Crippen molar-refractivity contribution in [1.29, 1.82) is 0 Å². The third-order valence-electron chi connectivity index (χ3n) is 4.13. The molecule has 0 aliphatic carbocycles. The van der Waals surface area contributed by atoms with Gasteiger partial charge in [-0.15, -0.1) is 0 Å². The fraction of sp³-hybridized carbons (Fsp3) is 0.381. The molecule has 4 heteroatoms. The first-order valence-electron chi connectivity index (χ1n) is 8.82. The smallest absolute Gasteiger partial charge is 0.170 e. The quantitative estimate of drug-likeness (QED) is 0.509. The molecule has 3 aromatic rings. The van der Waals surface area contributed by atoms with E-state index in [2.05, 4.69) is 19.0 Å². The lowest BCUT2D eigenvalue weighted by molar-refractivity contribution is 0.424. The molecule has 0 atom stereocenters. The van der Waals surface area contributed by atoms with Gasteiger partial charge in [-0.25, -0.2) is 8.78 Å². The molecule has 2 aromatic carbocycles. The summed E-state index contributed by atoms with van der Waals surface area (Å²) < 4.78 is 30.4. The molecule has 0 saturated heterocycles. The van der Waals surface area contributed by atoms with Crippen molar-refractivity contribution in [3.05, 3.63) is 65.4 Å². The molecule has 134 valence electrons. The Balaban J connectivity index is 0.000000236. The van der Waals surface area contributed by atoms with Gasteiger partial charge in [-0.3, -0.25) is 0 Å². The van der Waals surface area contributed by atoms with E-state index in [1.54, 1.807) is 18.2 Å². The third-order valence-corrected chi connectivity index (χ3v) is 4.13. The molecule has 2 nitrogen and oxygen atoms in total. The Hall–Kier alpha value is -2.23. The summed E-state index contributed by atoms with van der Waals surface area (Å²) in [5.41, 5.74) is 2.63. The number of aromatic nitrogens is 1. The van der Waals surface area contributed by atoms with Crippen molar-refractivity contribution in [2.45, 2.75) is 52.4 Å². The monoisotopic (exact) mass is 345 g/mol. The van der Waals surface area contributed by atoms with Crippen molar-refractivity contribution >= 4 is 11.0 Å². The van der Waals surface area contributed by atoms with Crippen molar-refractivity contribution in [3.8, 4) is 0 Å². The zero-order valence-corrected chi connectivity index (χ0v) is 15.1. The maximum Gasteiger partial charge on any atom is 0.170 e. The minimum atomic E-state index is -0.275. The lowest BCUT2D eigenvalue weighted by Crippen LogP contribution is -1.99. The summed E-state index contributed by atoms with van der Waals surface area (Å²) in [6.07, 6.45) is 4.46. The van der Waals surface area contributed by atoms with Crippen LogP contribution in [-0.2, 0) is 0 Å². The minimum Gasteiger partial charge on any atom is -0.356 e. The molecule has 0 aliphatic rings. The van der Waals surface area contributed by atoms with E-state index < -0.39 is 0 Å². The van der Waals surface area contributed by atoms with Gasteiger partial charge in [0.05, 0.1) is 5.69 Å². The third kappa shape index (κ3) is 5.38. The highest BCUT2D eigenvalue weighted by molar-refractivity contribution is 5.79. The van der Waals surface area contributed by atoms with Crippen molar-refractivity contribution in [2.75, 3.05) is 0 Å². The number of hydrogen-bond donors (Lipinski definition) is 0. The zero-order valence-electron chi connectivity index (χ0n) is 15.1. The first kappa shape index (κ1) is 19.1. The molecule has 1 heterocycles. The molecule has 0 N–H and O–H groups in total. The highest BCUT2D eigenvalue weighted by Crippen LogP contribution is 2.31. The van der Waals surface area contributed by atoms with Crippen LogP contribution in [0.15, 0.2) is 47.0 Å². The molecule has 1 aromatic heterocycles. The summed E-state index contributed by atoms with van der Waals surface area (Å²) in [5, 5.41) is 5.09. The minimum absolute atomic E-state index is 0.171. The van der Waals surface area contributed by atoms with Crippen LogP contribution in [0.5, 0.6) is 0 Å². The second kappa shape index (κ2) is 9.30. The molecule has 0 aliphatic heterocycles. The molecule has 0 amide bonds. The number of benzene rings is 2. The van der Waals surface area contributed by atoms with Gasteiger partial charge in [0, 0.05) is 17.4 Å². The Morgan fingerprint density at radius 2 is 1.52 bits per heavy atom. The molecule has 0 bridgehead atoms. The van der Waals surface area contributed by atoms with Crippen molar-refractivity contribution in [3.63, 3.8) is 0 Å². The van der Waals surface area contributed by atoms with Gasteiger partial charge >= 0.3 is 0 Å². The fourth-order valence-electron chi connectivity index (χ4n) is 2.87. The van der Waals surface area contributed by atoms with E-state index in [1.807, 2.05) is 6.92 Å². The van der Waals surface area contributed by atoms with E-state index in [0.29, 0.717) is 11.5 Å². The second-order valence-corrected chi connectivity index (χ2v) is 6.28. The number of fused-ring (bicyclic) bond motifs is 1. The largest absolute Gasteiger partial charge is 0.356 e. The van der Waals surface area contributed by atoms with E-state index in [0.717, 1.165) is 42.3 Å². The first-order chi connectivity index (χ1) is 12.0. The Morgan fingerprint density at radius 3 is 2.08 bits per heavy atom. The molecule has 0 saturated carbocycles. The number of nitrogens with zero attached hydrogens (tertiary/aromatic N) is 1. The predicted molar refractivity (Wildman–Crippen MR) is 97.7 cm³/mol. The average Bonchev–Trinajstić information content (AvgIpc) is 3.01. The van der Waals surface area contributed by atoms with Gasteiger partial charge < -0.3 is 4.52 Å². The molecule has 0 fully saturated rings. The second-order valence-electron chi connectivity index (χ2n) is 6.28. The topological polar surface area (TPSA) is 26.0 Å². The van der Waals surface area contributed by atoms with Gasteiger partial charge in [-0.05, 0) is 44.0 Å². The predicted octanol–water partition coefficient (Wildman–Crippen LogP) is 6.78. The summed E-state index contributed by atoms with van der Waals surface area (Å²) in [7, 11) is 0. The Kier molecular flexibility index (Phi) is 7.11. The van der Waals surface area contributed by atoms with Gasteiger partial charge in [-0.2, -0.15) is 0 Å². The lowest BCUT2D eigenvalue weighted by atomic mass is 9.93. The molecular formula is C21H25F2NO. The standard InChI is InChI=1S/C14H18FNO.C7H7F/c1-3-5-10(6-4-2)14-12-8-7-11(15)9-13(12)17-16-14;1-6-2-4-7(8)5-3-6/h7-10H,3-6H2,1-2H3;2-5H,1H3. The molecular weight excluding hydrogens is 320 g/mol. The van der Waals surface area contributed by atoms with Gasteiger partial charge in [0.2, 0.25) is 0 Å². The average molecular weight is 345 g/mol. The number of rotatable bonds is 5.